The second kappa shape index (κ2) is 13.9. The van der Waals surface area contributed by atoms with E-state index in [2.05, 4.69) is 5.32 Å². The van der Waals surface area contributed by atoms with Crippen molar-refractivity contribution >= 4 is 34.6 Å². The van der Waals surface area contributed by atoms with Crippen molar-refractivity contribution in [3.63, 3.8) is 0 Å². The van der Waals surface area contributed by atoms with Crippen LogP contribution in [0.3, 0.4) is 0 Å². The molecule has 17 nitrogen and oxygen atoms in total. The minimum absolute atomic E-state index is 0.0123. The molecule has 2 aromatic rings. The van der Waals surface area contributed by atoms with Crippen molar-refractivity contribution in [3.05, 3.63) is 63.9 Å². The van der Waals surface area contributed by atoms with Gasteiger partial charge >= 0.3 is 0 Å². The summed E-state index contributed by atoms with van der Waals surface area (Å²) < 4.78 is 11.4. The molecular weight excluding hydrogens is 696 g/mol. The van der Waals surface area contributed by atoms with Crippen LogP contribution in [0.4, 0.5) is 11.4 Å². The molecule has 2 fully saturated rings. The van der Waals surface area contributed by atoms with Crippen LogP contribution < -0.4 is 20.7 Å². The maximum absolute atomic E-state index is 14.3. The molecule has 53 heavy (non-hydrogen) atoms. The summed E-state index contributed by atoms with van der Waals surface area (Å²) >= 11 is 0. The molecule has 0 unspecified atom stereocenters. The Kier molecular flexibility index (Phi) is 9.97. The first-order valence-electron chi connectivity index (χ1n) is 16.9. The van der Waals surface area contributed by atoms with Gasteiger partial charge in [-0.2, -0.15) is 0 Å². The Labute approximate surface area is 303 Å². The van der Waals surface area contributed by atoms with E-state index in [1.54, 1.807) is 49.3 Å². The fourth-order valence-electron chi connectivity index (χ4n) is 8.07. The number of para-hydroxylation sites is 1. The number of benzene rings is 2. The zero-order valence-electron chi connectivity index (χ0n) is 29.4. The van der Waals surface area contributed by atoms with Crippen LogP contribution in [0.5, 0.6) is 11.5 Å². The number of nitrogens with zero attached hydrogens (tertiary/aromatic N) is 2. The highest BCUT2D eigenvalue weighted by Gasteiger charge is 2.64. The van der Waals surface area contributed by atoms with Gasteiger partial charge in [-0.3, -0.25) is 19.3 Å². The molecule has 6 rings (SSSR count). The molecule has 17 heteroatoms. The molecule has 286 valence electrons. The third-order valence-corrected chi connectivity index (χ3v) is 10.7. The molecular formula is C36H44N4O13. The van der Waals surface area contributed by atoms with E-state index in [-0.39, 0.29) is 42.0 Å². The van der Waals surface area contributed by atoms with E-state index in [4.69, 9.17) is 15.2 Å². The summed E-state index contributed by atoms with van der Waals surface area (Å²) in [5.41, 5.74) is 3.02. The number of ketones is 2. The van der Waals surface area contributed by atoms with Gasteiger partial charge in [0.2, 0.25) is 12.1 Å². The first-order valence-corrected chi connectivity index (χ1v) is 16.9. The summed E-state index contributed by atoms with van der Waals surface area (Å²) in [6.45, 7) is -0.654. The van der Waals surface area contributed by atoms with Crippen LogP contribution in [-0.4, -0.2) is 140 Å². The van der Waals surface area contributed by atoms with Crippen LogP contribution in [0.15, 0.2) is 47.2 Å². The number of carbonyl (C=O) groups is 3. The predicted molar refractivity (Wildman–Crippen MR) is 187 cm³/mol. The van der Waals surface area contributed by atoms with Gasteiger partial charge in [0, 0.05) is 43.4 Å². The summed E-state index contributed by atoms with van der Waals surface area (Å²) in [4.78, 5) is 43.1. The van der Waals surface area contributed by atoms with Crippen molar-refractivity contribution in [2.45, 2.75) is 61.7 Å². The van der Waals surface area contributed by atoms with Crippen molar-refractivity contribution in [1.29, 1.82) is 0 Å². The Morgan fingerprint density at radius 3 is 2.36 bits per heavy atom. The smallest absolute Gasteiger partial charge is 0.255 e. The Morgan fingerprint density at radius 2 is 1.74 bits per heavy atom. The average molecular weight is 741 g/mol. The third kappa shape index (κ3) is 5.97. The van der Waals surface area contributed by atoms with E-state index < -0.39 is 101 Å². The molecule has 1 saturated heterocycles. The zero-order chi connectivity index (χ0) is 38.8. The Balaban J connectivity index is 1.37. The summed E-state index contributed by atoms with van der Waals surface area (Å²) in [6.07, 6.45) is -7.47. The van der Waals surface area contributed by atoms with Crippen molar-refractivity contribution in [3.8, 4) is 11.5 Å². The average Bonchev–Trinajstić information content (AvgIpc) is 3.09. The molecule has 4 aliphatic rings. The van der Waals surface area contributed by atoms with Crippen LogP contribution in [-0.2, 0) is 32.1 Å². The predicted octanol–water partition coefficient (Wildman–Crippen LogP) is -1.18. The maximum atomic E-state index is 14.3. The highest BCUT2D eigenvalue weighted by atomic mass is 16.7. The number of aliphatic hydroxyl groups is 7. The molecule has 0 spiro atoms. The molecule has 2 aromatic carbocycles. The van der Waals surface area contributed by atoms with Crippen LogP contribution in [0.1, 0.15) is 23.1 Å². The number of anilines is 2. The number of Topliss-reactive ketones (excluding diaryl/α,β-unsaturated/α-hetero) is 2. The fourth-order valence-corrected chi connectivity index (χ4v) is 8.07. The van der Waals surface area contributed by atoms with E-state index in [0.717, 1.165) is 0 Å². The van der Waals surface area contributed by atoms with Gasteiger partial charge in [-0.25, -0.2) is 0 Å². The largest absolute Gasteiger partial charge is 0.508 e. The van der Waals surface area contributed by atoms with Crippen LogP contribution >= 0.6 is 0 Å². The van der Waals surface area contributed by atoms with Gasteiger partial charge in [-0.15, -0.1) is 0 Å². The van der Waals surface area contributed by atoms with Gasteiger partial charge in [-0.05, 0) is 50.6 Å². The summed E-state index contributed by atoms with van der Waals surface area (Å²) in [5.74, 6) is -7.29. The molecule has 1 aliphatic heterocycles. The van der Waals surface area contributed by atoms with Crippen molar-refractivity contribution in [2.24, 2.45) is 17.6 Å². The minimum Gasteiger partial charge on any atom is -0.508 e. The van der Waals surface area contributed by atoms with E-state index in [1.165, 1.54) is 19.0 Å². The number of carbonyl (C=O) groups excluding carboxylic acids is 3. The molecule has 0 aromatic heterocycles. The lowest BCUT2D eigenvalue weighted by Crippen LogP contribution is -2.65. The summed E-state index contributed by atoms with van der Waals surface area (Å²) in [7, 11) is 6.56. The lowest BCUT2D eigenvalue weighted by atomic mass is 9.57. The lowest BCUT2D eigenvalue weighted by Gasteiger charge is -2.50. The monoisotopic (exact) mass is 740 g/mol. The quantitative estimate of drug-likeness (QED) is 0.107. The number of likely N-dealkylation sites (N-methyl/N-ethyl adjacent to an activating group) is 1. The SMILES string of the molecule is CN(C)c1cc(NCc2ccccc2O[C@@H]2O[C@H](CO)[C@H](O)[C@H](O)[C@@H]2O)c(O)c2c1C[C@@H]1C[C@@H]3[C@@H](N(C)C)C(=O)C(C(N)=O)=C(O)[C@]3(O)C(=O)C1=C2O. The number of amides is 1. The van der Waals surface area contributed by atoms with Crippen molar-refractivity contribution in [1.82, 2.24) is 4.90 Å². The number of hydrogen-bond donors (Lipinski definition) is 10. The second-order valence-corrected chi connectivity index (χ2v) is 14.3. The first kappa shape index (κ1) is 38.0. The Hall–Kier alpha value is -4.75. The third-order valence-electron chi connectivity index (χ3n) is 10.7. The number of ether oxygens (including phenoxy) is 2. The Morgan fingerprint density at radius 1 is 1.06 bits per heavy atom. The highest BCUT2D eigenvalue weighted by molar-refractivity contribution is 6.24. The van der Waals surface area contributed by atoms with Gasteiger partial charge in [0.25, 0.3) is 5.91 Å². The van der Waals surface area contributed by atoms with E-state index in [1.807, 2.05) is 0 Å². The number of primary amides is 1. The number of fused-ring (bicyclic) bond motifs is 3. The normalized spacial score (nSPS) is 31.2. The van der Waals surface area contributed by atoms with Gasteiger partial charge in [-0.1, -0.05) is 18.2 Å². The fraction of sp³-hybridized carbons (Fsp3) is 0.472. The minimum atomic E-state index is -2.77. The van der Waals surface area contributed by atoms with Crippen molar-refractivity contribution < 1.29 is 64.7 Å². The zero-order valence-corrected chi connectivity index (χ0v) is 29.4. The molecule has 11 N–H and O–H groups in total. The Bertz CT molecular complexity index is 1910. The number of nitrogens with one attached hydrogen (secondary N) is 1. The van der Waals surface area contributed by atoms with Gasteiger partial charge in [0.05, 0.1) is 23.9 Å². The number of phenols is 1. The number of nitrogens with two attached hydrogens (primary N) is 1. The molecule has 1 saturated carbocycles. The molecule has 0 radical (unpaired) electrons. The maximum Gasteiger partial charge on any atom is 0.255 e. The lowest BCUT2D eigenvalue weighted by molar-refractivity contribution is -0.277. The molecule has 1 heterocycles. The van der Waals surface area contributed by atoms with Crippen LogP contribution in [0, 0.1) is 11.8 Å². The number of phenolic OH excluding ortho intramolecular Hbond substituents is 1. The van der Waals surface area contributed by atoms with E-state index in [9.17, 15) is 55.2 Å². The number of aromatic hydroxyl groups is 1. The standard InChI is InChI=1S/C36H44N4O13/c1-39(2)19-11-18(38-12-14-7-5-6-8-20(14)52-35-31(47)30(46)27(43)21(13-41)53-35)26(42)23-16(19)9-15-10-17-25(40(3)4)29(45)24(34(37)50)33(49)36(17,51)32(48)22(15)28(23)44/h5-8,11,15,17,21,25,27,30-31,35,38,41-44,46-47,49,51H,9-10,12-13H2,1-4H3,(H2,37,50)/t15-,17-,21-,25-,27+,30+,31+,35-,36-/m1/s1. The number of hydrogen-bond acceptors (Lipinski definition) is 16. The van der Waals surface area contributed by atoms with Gasteiger partial charge in [0.15, 0.2) is 11.4 Å². The van der Waals surface area contributed by atoms with Gasteiger partial charge < -0.3 is 66.3 Å². The van der Waals surface area contributed by atoms with E-state index >= 15 is 0 Å². The van der Waals surface area contributed by atoms with E-state index in [0.29, 0.717) is 16.8 Å². The molecule has 0 bridgehead atoms. The highest BCUT2D eigenvalue weighted by Crippen LogP contribution is 2.54. The number of rotatable bonds is 9. The number of aliphatic hydroxyl groups excluding tert-OH is 6. The summed E-state index contributed by atoms with van der Waals surface area (Å²) in [5, 5.41) is 90.1. The molecule has 1 amide bonds. The topological polar surface area (TPSA) is 276 Å². The second-order valence-electron chi connectivity index (χ2n) is 14.3. The first-order chi connectivity index (χ1) is 24.9. The summed E-state index contributed by atoms with van der Waals surface area (Å²) in [6, 6.07) is 7.03. The van der Waals surface area contributed by atoms with Crippen LogP contribution in [0.2, 0.25) is 0 Å². The van der Waals surface area contributed by atoms with Crippen LogP contribution in [0.25, 0.3) is 5.76 Å². The molecule has 9 atom stereocenters. The van der Waals surface area contributed by atoms with Crippen molar-refractivity contribution in [2.75, 3.05) is 45.0 Å². The van der Waals surface area contributed by atoms with Gasteiger partial charge in [0.1, 0.15) is 53.0 Å². The molecule has 3 aliphatic carbocycles.